The van der Waals surface area contributed by atoms with Gasteiger partial charge in [-0.2, -0.15) is 0 Å². The lowest BCUT2D eigenvalue weighted by molar-refractivity contribution is 0.372. The average molecular weight is 290 g/mol. The number of nitrogens with one attached hydrogen (secondary N) is 1. The smallest absolute Gasteiger partial charge is 0.133 e. The van der Waals surface area contributed by atoms with Gasteiger partial charge in [-0.05, 0) is 45.2 Å². The van der Waals surface area contributed by atoms with E-state index in [0.717, 1.165) is 55.9 Å². The number of aromatic nitrogens is 2. The number of aryl methyl sites for hydroxylation is 1. The lowest BCUT2D eigenvalue weighted by Crippen LogP contribution is -2.37. The summed E-state index contributed by atoms with van der Waals surface area (Å²) in [6, 6.07) is 2.14. The summed E-state index contributed by atoms with van der Waals surface area (Å²) in [6.07, 6.45) is 3.72. The molecule has 21 heavy (non-hydrogen) atoms. The molecule has 4 nitrogen and oxygen atoms in total. The Morgan fingerprint density at radius 1 is 1.29 bits per heavy atom. The van der Waals surface area contributed by atoms with E-state index in [1.165, 1.54) is 12.8 Å². The first-order valence-corrected chi connectivity index (χ1v) is 8.41. The van der Waals surface area contributed by atoms with E-state index < -0.39 is 0 Å². The highest BCUT2D eigenvalue weighted by Crippen LogP contribution is 2.21. The van der Waals surface area contributed by atoms with Crippen LogP contribution in [0.1, 0.15) is 57.5 Å². The number of anilines is 1. The summed E-state index contributed by atoms with van der Waals surface area (Å²) in [4.78, 5) is 11.9. The first-order valence-electron chi connectivity index (χ1n) is 8.41. The van der Waals surface area contributed by atoms with Crippen molar-refractivity contribution < 1.29 is 0 Å². The fraction of sp³-hybridized carbons (Fsp3) is 0.765. The summed E-state index contributed by atoms with van der Waals surface area (Å²) >= 11 is 0. The third-order valence-electron chi connectivity index (χ3n) is 4.13. The Bertz CT molecular complexity index is 438. The van der Waals surface area contributed by atoms with Gasteiger partial charge in [0.2, 0.25) is 0 Å². The van der Waals surface area contributed by atoms with E-state index in [1.807, 2.05) is 0 Å². The topological polar surface area (TPSA) is 41.0 Å². The van der Waals surface area contributed by atoms with E-state index in [1.54, 1.807) is 0 Å². The van der Waals surface area contributed by atoms with Crippen molar-refractivity contribution >= 4 is 5.82 Å². The van der Waals surface area contributed by atoms with E-state index in [9.17, 15) is 0 Å². The molecule has 0 aliphatic carbocycles. The van der Waals surface area contributed by atoms with Gasteiger partial charge in [0, 0.05) is 30.8 Å². The molecule has 1 aromatic rings. The predicted molar refractivity (Wildman–Crippen MR) is 89.0 cm³/mol. The summed E-state index contributed by atoms with van der Waals surface area (Å²) in [6.45, 7) is 13.2. The van der Waals surface area contributed by atoms with Crippen LogP contribution in [0.3, 0.4) is 0 Å². The van der Waals surface area contributed by atoms with Crippen molar-refractivity contribution in [3.05, 3.63) is 17.6 Å². The monoisotopic (exact) mass is 290 g/mol. The van der Waals surface area contributed by atoms with E-state index in [0.29, 0.717) is 5.92 Å². The average Bonchev–Trinajstić information content (AvgIpc) is 2.47. The van der Waals surface area contributed by atoms with Gasteiger partial charge >= 0.3 is 0 Å². The molecule has 0 bridgehead atoms. The molecule has 0 amide bonds. The zero-order valence-corrected chi connectivity index (χ0v) is 14.0. The van der Waals surface area contributed by atoms with Crippen LogP contribution in [-0.2, 0) is 0 Å². The van der Waals surface area contributed by atoms with Gasteiger partial charge in [-0.15, -0.1) is 0 Å². The lowest BCUT2D eigenvalue weighted by atomic mass is 9.97. The van der Waals surface area contributed by atoms with Crippen molar-refractivity contribution in [3.8, 4) is 0 Å². The summed E-state index contributed by atoms with van der Waals surface area (Å²) in [5, 5.41) is 3.45. The second-order valence-corrected chi connectivity index (χ2v) is 6.52. The van der Waals surface area contributed by atoms with Gasteiger partial charge in [-0.1, -0.05) is 20.8 Å². The molecule has 0 unspecified atom stereocenters. The minimum absolute atomic E-state index is 0.381. The predicted octanol–water partition coefficient (Wildman–Crippen LogP) is 3.12. The van der Waals surface area contributed by atoms with Crippen LogP contribution in [0.15, 0.2) is 6.07 Å². The van der Waals surface area contributed by atoms with Gasteiger partial charge in [0.1, 0.15) is 11.6 Å². The Morgan fingerprint density at radius 3 is 2.62 bits per heavy atom. The maximum atomic E-state index is 4.82. The highest BCUT2D eigenvalue weighted by atomic mass is 15.2. The SMILES string of the molecule is CCCN(CC1CCNCC1)c1cc(C)nc(C(C)C)n1. The van der Waals surface area contributed by atoms with Crippen LogP contribution in [-0.4, -0.2) is 36.1 Å². The largest absolute Gasteiger partial charge is 0.356 e. The molecule has 2 rings (SSSR count). The number of rotatable bonds is 6. The normalized spacial score (nSPS) is 16.4. The molecule has 2 heterocycles. The Balaban J connectivity index is 2.16. The van der Waals surface area contributed by atoms with Crippen LogP contribution in [0.2, 0.25) is 0 Å². The van der Waals surface area contributed by atoms with Gasteiger partial charge in [0.25, 0.3) is 0 Å². The molecular formula is C17H30N4. The number of hydrogen-bond acceptors (Lipinski definition) is 4. The molecule has 1 saturated heterocycles. The summed E-state index contributed by atoms with van der Waals surface area (Å²) in [7, 11) is 0. The summed E-state index contributed by atoms with van der Waals surface area (Å²) in [5.41, 5.74) is 1.08. The molecule has 1 aliphatic rings. The van der Waals surface area contributed by atoms with Gasteiger partial charge in [0.15, 0.2) is 0 Å². The van der Waals surface area contributed by atoms with Gasteiger partial charge in [-0.25, -0.2) is 9.97 Å². The lowest BCUT2D eigenvalue weighted by Gasteiger charge is -2.31. The molecule has 118 valence electrons. The number of hydrogen-bond donors (Lipinski definition) is 1. The number of nitrogens with zero attached hydrogens (tertiary/aromatic N) is 3. The van der Waals surface area contributed by atoms with E-state index in [2.05, 4.69) is 49.0 Å². The molecule has 0 atom stereocenters. The summed E-state index contributed by atoms with van der Waals surface area (Å²) < 4.78 is 0. The molecule has 0 aromatic carbocycles. The second kappa shape index (κ2) is 7.74. The van der Waals surface area contributed by atoms with Crippen LogP contribution < -0.4 is 10.2 Å². The molecule has 1 N–H and O–H groups in total. The maximum Gasteiger partial charge on any atom is 0.133 e. The number of piperidine rings is 1. The van der Waals surface area contributed by atoms with Gasteiger partial charge in [0.05, 0.1) is 0 Å². The van der Waals surface area contributed by atoms with Gasteiger partial charge in [-0.3, -0.25) is 0 Å². The highest BCUT2D eigenvalue weighted by Gasteiger charge is 2.19. The fourth-order valence-corrected chi connectivity index (χ4v) is 2.94. The Morgan fingerprint density at radius 2 is 2.00 bits per heavy atom. The van der Waals surface area contributed by atoms with Crippen molar-refractivity contribution in [2.75, 3.05) is 31.1 Å². The van der Waals surface area contributed by atoms with E-state index >= 15 is 0 Å². The second-order valence-electron chi connectivity index (χ2n) is 6.52. The third kappa shape index (κ3) is 4.67. The molecule has 4 heteroatoms. The zero-order valence-electron chi connectivity index (χ0n) is 14.0. The highest BCUT2D eigenvalue weighted by molar-refractivity contribution is 5.40. The van der Waals surface area contributed by atoms with Crippen molar-refractivity contribution in [1.29, 1.82) is 0 Å². The van der Waals surface area contributed by atoms with Crippen LogP contribution >= 0.6 is 0 Å². The van der Waals surface area contributed by atoms with E-state index in [4.69, 9.17) is 4.98 Å². The Labute approximate surface area is 129 Å². The molecule has 1 fully saturated rings. The molecule has 0 radical (unpaired) electrons. The Hall–Kier alpha value is -1.16. The van der Waals surface area contributed by atoms with Crippen LogP contribution in [0.4, 0.5) is 5.82 Å². The standard InChI is InChI=1S/C17H30N4/c1-5-10-21(12-15-6-8-18-9-7-15)16-11-14(4)19-17(20-16)13(2)3/h11,13,15,18H,5-10,12H2,1-4H3. The van der Waals surface area contributed by atoms with Gasteiger partial charge < -0.3 is 10.2 Å². The summed E-state index contributed by atoms with van der Waals surface area (Å²) in [5.74, 6) is 3.25. The Kier molecular flexibility index (Phi) is 5.97. The van der Waals surface area contributed by atoms with Crippen molar-refractivity contribution in [2.45, 2.75) is 52.9 Å². The zero-order chi connectivity index (χ0) is 15.2. The molecule has 0 saturated carbocycles. The minimum atomic E-state index is 0.381. The van der Waals surface area contributed by atoms with Crippen molar-refractivity contribution in [1.82, 2.24) is 15.3 Å². The molecule has 1 aromatic heterocycles. The first-order chi connectivity index (χ1) is 10.1. The van der Waals surface area contributed by atoms with Crippen molar-refractivity contribution in [3.63, 3.8) is 0 Å². The molecule has 0 spiro atoms. The fourth-order valence-electron chi connectivity index (χ4n) is 2.94. The van der Waals surface area contributed by atoms with Crippen LogP contribution in [0.5, 0.6) is 0 Å². The minimum Gasteiger partial charge on any atom is -0.356 e. The first kappa shape index (κ1) is 16.2. The maximum absolute atomic E-state index is 4.82. The third-order valence-corrected chi connectivity index (χ3v) is 4.13. The van der Waals surface area contributed by atoms with Crippen molar-refractivity contribution in [2.24, 2.45) is 5.92 Å². The molecular weight excluding hydrogens is 260 g/mol. The quantitative estimate of drug-likeness (QED) is 0.874. The molecule has 1 aliphatic heterocycles. The van der Waals surface area contributed by atoms with E-state index in [-0.39, 0.29) is 0 Å². The van der Waals surface area contributed by atoms with Crippen LogP contribution in [0.25, 0.3) is 0 Å². The van der Waals surface area contributed by atoms with Crippen LogP contribution in [0, 0.1) is 12.8 Å².